The Morgan fingerprint density at radius 2 is 2.00 bits per heavy atom. The summed E-state index contributed by atoms with van der Waals surface area (Å²) in [6.07, 6.45) is 2.64. The van der Waals surface area contributed by atoms with E-state index in [9.17, 15) is 4.79 Å². The third kappa shape index (κ3) is 2.58. The summed E-state index contributed by atoms with van der Waals surface area (Å²) >= 11 is 0. The van der Waals surface area contributed by atoms with Gasteiger partial charge in [0.2, 0.25) is 0 Å². The molecule has 0 heterocycles. The minimum Gasteiger partial charge on any atom is -0.481 e. The van der Waals surface area contributed by atoms with Crippen LogP contribution in [0.15, 0.2) is 24.3 Å². The maximum absolute atomic E-state index is 10.8. The van der Waals surface area contributed by atoms with Crippen LogP contribution in [-0.4, -0.2) is 11.1 Å². The van der Waals surface area contributed by atoms with Gasteiger partial charge >= 0.3 is 5.97 Å². The minimum absolute atomic E-state index is 0.225. The van der Waals surface area contributed by atoms with E-state index < -0.39 is 5.97 Å². The Morgan fingerprint density at radius 1 is 1.40 bits per heavy atom. The summed E-state index contributed by atoms with van der Waals surface area (Å²) in [4.78, 5) is 10.8. The molecule has 2 heteroatoms. The van der Waals surface area contributed by atoms with Crippen molar-refractivity contribution in [3.8, 4) is 0 Å². The van der Waals surface area contributed by atoms with Crippen molar-refractivity contribution in [3.05, 3.63) is 35.4 Å². The molecule has 1 atom stereocenters. The number of carbonyl (C=O) groups is 1. The molecule has 1 aromatic rings. The van der Waals surface area contributed by atoms with E-state index >= 15 is 0 Å². The molecule has 1 aliphatic carbocycles. The summed E-state index contributed by atoms with van der Waals surface area (Å²) in [6, 6.07) is 8.27. The van der Waals surface area contributed by atoms with Crippen LogP contribution in [0.5, 0.6) is 0 Å². The van der Waals surface area contributed by atoms with Crippen LogP contribution in [0.3, 0.4) is 0 Å². The van der Waals surface area contributed by atoms with Crippen LogP contribution >= 0.6 is 0 Å². The second-order valence-corrected chi connectivity index (χ2v) is 4.45. The van der Waals surface area contributed by atoms with Crippen molar-refractivity contribution >= 4 is 5.97 Å². The Labute approximate surface area is 89.9 Å². The van der Waals surface area contributed by atoms with Gasteiger partial charge in [0.25, 0.3) is 0 Å². The zero-order chi connectivity index (χ0) is 10.8. The van der Waals surface area contributed by atoms with Gasteiger partial charge in [0.15, 0.2) is 0 Å². The fourth-order valence-corrected chi connectivity index (χ4v) is 2.06. The van der Waals surface area contributed by atoms with Crippen molar-refractivity contribution in [1.82, 2.24) is 0 Å². The van der Waals surface area contributed by atoms with Crippen molar-refractivity contribution in [2.45, 2.75) is 32.1 Å². The molecule has 1 aliphatic rings. The molecule has 0 aromatic heterocycles. The molecule has 80 valence electrons. The zero-order valence-electron chi connectivity index (χ0n) is 8.94. The Hall–Kier alpha value is -1.31. The first-order valence-corrected chi connectivity index (χ1v) is 5.45. The molecular weight excluding hydrogens is 188 g/mol. The number of hydrogen-bond donors (Lipinski definition) is 1. The lowest BCUT2D eigenvalue weighted by Crippen LogP contribution is -2.08. The number of rotatable bonds is 4. The number of carboxylic acid groups (broad SMARTS) is 1. The Kier molecular flexibility index (Phi) is 2.76. The fourth-order valence-electron chi connectivity index (χ4n) is 2.06. The number of carboxylic acids is 1. The predicted octanol–water partition coefficient (Wildman–Crippen LogP) is 2.96. The second-order valence-electron chi connectivity index (χ2n) is 4.45. The van der Waals surface area contributed by atoms with Crippen LogP contribution in [-0.2, 0) is 4.79 Å². The van der Waals surface area contributed by atoms with Crippen LogP contribution in [0.1, 0.15) is 36.3 Å². The Morgan fingerprint density at radius 3 is 2.47 bits per heavy atom. The lowest BCUT2D eigenvalue weighted by Gasteiger charge is -2.14. The van der Waals surface area contributed by atoms with Crippen molar-refractivity contribution in [3.63, 3.8) is 0 Å². The van der Waals surface area contributed by atoms with E-state index in [4.69, 9.17) is 5.11 Å². The van der Waals surface area contributed by atoms with Crippen LogP contribution in [0.2, 0.25) is 0 Å². The van der Waals surface area contributed by atoms with Crippen LogP contribution in [0.25, 0.3) is 0 Å². The van der Waals surface area contributed by atoms with Crippen molar-refractivity contribution in [2.24, 2.45) is 5.92 Å². The highest BCUT2D eigenvalue weighted by atomic mass is 16.4. The van der Waals surface area contributed by atoms with Gasteiger partial charge in [-0.25, -0.2) is 0 Å². The summed E-state index contributed by atoms with van der Waals surface area (Å²) < 4.78 is 0. The maximum Gasteiger partial charge on any atom is 0.303 e. The molecule has 15 heavy (non-hydrogen) atoms. The average molecular weight is 204 g/mol. The molecule has 1 N–H and O–H groups in total. The summed E-state index contributed by atoms with van der Waals surface area (Å²) in [6.45, 7) is 2.05. The third-order valence-corrected chi connectivity index (χ3v) is 3.09. The molecule has 2 rings (SSSR count). The fraction of sp³-hybridized carbons (Fsp3) is 0.462. The molecule has 1 aromatic carbocycles. The monoisotopic (exact) mass is 204 g/mol. The largest absolute Gasteiger partial charge is 0.481 e. The van der Waals surface area contributed by atoms with E-state index in [0.29, 0.717) is 5.92 Å². The SMILES string of the molecule is Cc1ccc(C(CC(=O)O)C2CC2)cc1. The first kappa shape index (κ1) is 10.2. The smallest absolute Gasteiger partial charge is 0.303 e. The van der Waals surface area contributed by atoms with Gasteiger partial charge < -0.3 is 5.11 Å². The van der Waals surface area contributed by atoms with Gasteiger partial charge in [0.05, 0.1) is 6.42 Å². The highest BCUT2D eigenvalue weighted by molar-refractivity contribution is 5.68. The number of aryl methyl sites for hydroxylation is 1. The van der Waals surface area contributed by atoms with Gasteiger partial charge in [-0.2, -0.15) is 0 Å². The Bertz CT molecular complexity index is 349. The molecule has 0 amide bonds. The van der Waals surface area contributed by atoms with Crippen LogP contribution in [0.4, 0.5) is 0 Å². The van der Waals surface area contributed by atoms with Gasteiger partial charge in [-0.3, -0.25) is 4.79 Å². The first-order chi connectivity index (χ1) is 7.16. The van der Waals surface area contributed by atoms with E-state index in [0.717, 1.165) is 0 Å². The molecule has 0 saturated heterocycles. The van der Waals surface area contributed by atoms with Crippen LogP contribution < -0.4 is 0 Å². The normalized spacial score (nSPS) is 17.4. The molecule has 0 spiro atoms. The van der Waals surface area contributed by atoms with Crippen molar-refractivity contribution < 1.29 is 9.90 Å². The zero-order valence-corrected chi connectivity index (χ0v) is 8.94. The third-order valence-electron chi connectivity index (χ3n) is 3.09. The van der Waals surface area contributed by atoms with E-state index in [2.05, 4.69) is 24.3 Å². The summed E-state index contributed by atoms with van der Waals surface area (Å²) in [7, 11) is 0. The Balaban J connectivity index is 2.16. The lowest BCUT2D eigenvalue weighted by atomic mass is 9.90. The van der Waals surface area contributed by atoms with Gasteiger partial charge in [0.1, 0.15) is 0 Å². The highest BCUT2D eigenvalue weighted by Crippen LogP contribution is 2.44. The highest BCUT2D eigenvalue weighted by Gasteiger charge is 2.33. The standard InChI is InChI=1S/C13H16O2/c1-9-2-4-10(5-3-9)12(8-13(14)15)11-6-7-11/h2-5,11-12H,6-8H2,1H3,(H,14,15). The molecule has 0 radical (unpaired) electrons. The van der Waals surface area contributed by atoms with Gasteiger partial charge in [0, 0.05) is 0 Å². The second kappa shape index (κ2) is 4.05. The molecule has 1 unspecified atom stereocenters. The lowest BCUT2D eigenvalue weighted by molar-refractivity contribution is -0.137. The molecule has 2 nitrogen and oxygen atoms in total. The van der Waals surface area contributed by atoms with E-state index in [-0.39, 0.29) is 12.3 Å². The van der Waals surface area contributed by atoms with E-state index in [1.807, 2.05) is 6.92 Å². The number of aliphatic carboxylic acids is 1. The molecule has 0 bridgehead atoms. The van der Waals surface area contributed by atoms with Gasteiger partial charge in [-0.05, 0) is 37.2 Å². The molecule has 1 saturated carbocycles. The topological polar surface area (TPSA) is 37.3 Å². The average Bonchev–Trinajstić information content (AvgIpc) is 2.99. The van der Waals surface area contributed by atoms with Gasteiger partial charge in [-0.1, -0.05) is 29.8 Å². The number of benzene rings is 1. The van der Waals surface area contributed by atoms with E-state index in [1.165, 1.54) is 24.0 Å². The minimum atomic E-state index is -0.688. The molecular formula is C13H16O2. The number of hydrogen-bond acceptors (Lipinski definition) is 1. The van der Waals surface area contributed by atoms with Gasteiger partial charge in [-0.15, -0.1) is 0 Å². The van der Waals surface area contributed by atoms with Crippen molar-refractivity contribution in [2.75, 3.05) is 0 Å². The quantitative estimate of drug-likeness (QED) is 0.818. The van der Waals surface area contributed by atoms with Crippen LogP contribution in [0, 0.1) is 12.8 Å². The molecule has 0 aliphatic heterocycles. The molecule has 1 fully saturated rings. The van der Waals surface area contributed by atoms with E-state index in [1.54, 1.807) is 0 Å². The first-order valence-electron chi connectivity index (χ1n) is 5.45. The van der Waals surface area contributed by atoms with Crippen molar-refractivity contribution in [1.29, 1.82) is 0 Å². The predicted molar refractivity (Wildman–Crippen MR) is 58.9 cm³/mol. The summed E-state index contributed by atoms with van der Waals surface area (Å²) in [5.74, 6) is 0.138. The summed E-state index contributed by atoms with van der Waals surface area (Å²) in [5, 5.41) is 8.88. The maximum atomic E-state index is 10.8. The summed E-state index contributed by atoms with van der Waals surface area (Å²) in [5.41, 5.74) is 2.41.